The Kier molecular flexibility index (Phi) is 4.53. The number of hydrogen-bond donors (Lipinski definition) is 1. The fourth-order valence-corrected chi connectivity index (χ4v) is 3.47. The molecule has 2 aromatic rings. The molecule has 1 aliphatic rings. The molecule has 0 saturated carbocycles. The van der Waals surface area contributed by atoms with Crippen molar-refractivity contribution in [1.29, 1.82) is 0 Å². The Morgan fingerprint density at radius 3 is 2.95 bits per heavy atom. The van der Waals surface area contributed by atoms with Crippen molar-refractivity contribution < 1.29 is 4.74 Å². The van der Waals surface area contributed by atoms with Crippen molar-refractivity contribution in [3.63, 3.8) is 0 Å². The molecule has 1 heterocycles. The van der Waals surface area contributed by atoms with Gasteiger partial charge in [-0.15, -0.1) is 0 Å². The molecule has 4 heteroatoms. The van der Waals surface area contributed by atoms with Gasteiger partial charge in [-0.3, -0.25) is 0 Å². The summed E-state index contributed by atoms with van der Waals surface area (Å²) in [4.78, 5) is 0. The standard InChI is InChI=1S/C17H17BrClNO/c1-11(15-4-2-3-5-16(15)18)20-10-14-9-12-8-13(19)6-7-17(12)21-14/h2-8,11,14,20H,9-10H2,1H3/t11-,14?/m0/s1. The molecule has 1 N–H and O–H groups in total. The van der Waals surface area contributed by atoms with E-state index in [1.165, 1.54) is 11.1 Å². The summed E-state index contributed by atoms with van der Waals surface area (Å²) in [6.45, 7) is 2.98. The van der Waals surface area contributed by atoms with E-state index in [9.17, 15) is 0 Å². The van der Waals surface area contributed by atoms with Crippen LogP contribution in [0.3, 0.4) is 0 Å². The lowest BCUT2D eigenvalue weighted by atomic mass is 10.1. The van der Waals surface area contributed by atoms with Gasteiger partial charge in [0, 0.05) is 28.5 Å². The van der Waals surface area contributed by atoms with Crippen LogP contribution in [0.2, 0.25) is 5.02 Å². The molecule has 2 nitrogen and oxygen atoms in total. The van der Waals surface area contributed by atoms with Gasteiger partial charge in [-0.25, -0.2) is 0 Å². The number of nitrogens with one attached hydrogen (secondary N) is 1. The second-order valence-electron chi connectivity index (χ2n) is 5.35. The molecule has 1 aliphatic heterocycles. The second-order valence-corrected chi connectivity index (χ2v) is 6.64. The van der Waals surface area contributed by atoms with Gasteiger partial charge in [-0.1, -0.05) is 45.7 Å². The average molecular weight is 367 g/mol. The molecule has 0 bridgehead atoms. The van der Waals surface area contributed by atoms with Gasteiger partial charge in [0.15, 0.2) is 0 Å². The van der Waals surface area contributed by atoms with Gasteiger partial charge >= 0.3 is 0 Å². The van der Waals surface area contributed by atoms with E-state index in [0.717, 1.165) is 28.2 Å². The Labute approximate surface area is 138 Å². The van der Waals surface area contributed by atoms with Crippen molar-refractivity contribution in [3.05, 3.63) is 63.1 Å². The third-order valence-corrected chi connectivity index (χ3v) is 4.74. The molecule has 110 valence electrons. The van der Waals surface area contributed by atoms with Crippen LogP contribution in [0.25, 0.3) is 0 Å². The fourth-order valence-electron chi connectivity index (χ4n) is 2.65. The van der Waals surface area contributed by atoms with Crippen molar-refractivity contribution >= 4 is 27.5 Å². The van der Waals surface area contributed by atoms with Gasteiger partial charge in [0.1, 0.15) is 11.9 Å². The Morgan fingerprint density at radius 1 is 1.33 bits per heavy atom. The van der Waals surface area contributed by atoms with Gasteiger partial charge in [0.25, 0.3) is 0 Å². The molecule has 3 rings (SSSR count). The molecule has 0 aliphatic carbocycles. The molecule has 2 aromatic carbocycles. The quantitative estimate of drug-likeness (QED) is 0.842. The Hall–Kier alpha value is -1.03. The van der Waals surface area contributed by atoms with Crippen LogP contribution in [0.5, 0.6) is 5.75 Å². The van der Waals surface area contributed by atoms with Gasteiger partial charge in [-0.05, 0) is 42.3 Å². The Balaban J connectivity index is 1.59. The van der Waals surface area contributed by atoms with Crippen molar-refractivity contribution in [2.24, 2.45) is 0 Å². The first-order valence-electron chi connectivity index (χ1n) is 7.06. The topological polar surface area (TPSA) is 21.3 Å². The lowest BCUT2D eigenvalue weighted by Crippen LogP contribution is -2.32. The molecule has 0 aromatic heterocycles. The van der Waals surface area contributed by atoms with Gasteiger partial charge in [0.2, 0.25) is 0 Å². The largest absolute Gasteiger partial charge is 0.488 e. The minimum absolute atomic E-state index is 0.170. The fraction of sp³-hybridized carbons (Fsp3) is 0.294. The van der Waals surface area contributed by atoms with E-state index >= 15 is 0 Å². The summed E-state index contributed by atoms with van der Waals surface area (Å²) in [6, 6.07) is 14.4. The Bertz CT molecular complexity index is 646. The molecule has 1 unspecified atom stereocenters. The van der Waals surface area contributed by atoms with Crippen LogP contribution in [0.4, 0.5) is 0 Å². The average Bonchev–Trinajstić information content (AvgIpc) is 2.87. The summed E-state index contributed by atoms with van der Waals surface area (Å²) < 4.78 is 7.08. The monoisotopic (exact) mass is 365 g/mol. The lowest BCUT2D eigenvalue weighted by molar-refractivity contribution is 0.222. The minimum Gasteiger partial charge on any atom is -0.488 e. The minimum atomic E-state index is 0.170. The SMILES string of the molecule is C[C@H](NCC1Cc2cc(Cl)ccc2O1)c1ccccc1Br. The predicted octanol–water partition coefficient (Wildman–Crippen LogP) is 4.76. The van der Waals surface area contributed by atoms with E-state index in [4.69, 9.17) is 16.3 Å². The molecule has 0 amide bonds. The summed E-state index contributed by atoms with van der Waals surface area (Å²) >= 11 is 9.62. The number of fused-ring (bicyclic) bond motifs is 1. The van der Waals surface area contributed by atoms with Crippen LogP contribution in [0, 0.1) is 0 Å². The summed E-state index contributed by atoms with van der Waals surface area (Å²) in [7, 11) is 0. The maximum absolute atomic E-state index is 6.02. The molecule has 0 saturated heterocycles. The molecule has 0 radical (unpaired) electrons. The van der Waals surface area contributed by atoms with Crippen molar-refractivity contribution in [2.45, 2.75) is 25.5 Å². The summed E-state index contributed by atoms with van der Waals surface area (Å²) in [6.07, 6.45) is 1.08. The smallest absolute Gasteiger partial charge is 0.123 e. The highest BCUT2D eigenvalue weighted by Gasteiger charge is 2.23. The first kappa shape index (κ1) is 14.9. The number of rotatable bonds is 4. The number of benzene rings is 2. The summed E-state index contributed by atoms with van der Waals surface area (Å²) in [5, 5.41) is 4.31. The van der Waals surface area contributed by atoms with Crippen molar-refractivity contribution in [2.75, 3.05) is 6.54 Å². The first-order chi connectivity index (χ1) is 10.1. The number of halogens is 2. The van der Waals surface area contributed by atoms with Gasteiger partial charge < -0.3 is 10.1 Å². The zero-order valence-electron chi connectivity index (χ0n) is 11.8. The van der Waals surface area contributed by atoms with E-state index in [2.05, 4.69) is 46.4 Å². The molecular formula is C17H17BrClNO. The van der Waals surface area contributed by atoms with E-state index in [1.54, 1.807) is 0 Å². The predicted molar refractivity (Wildman–Crippen MR) is 90.1 cm³/mol. The normalized spacial score (nSPS) is 18.1. The Morgan fingerprint density at radius 2 is 2.14 bits per heavy atom. The highest BCUT2D eigenvalue weighted by molar-refractivity contribution is 9.10. The third kappa shape index (κ3) is 3.42. The second kappa shape index (κ2) is 6.39. The zero-order valence-corrected chi connectivity index (χ0v) is 14.1. The van der Waals surface area contributed by atoms with Gasteiger partial charge in [-0.2, -0.15) is 0 Å². The molecule has 2 atom stereocenters. The maximum atomic E-state index is 6.02. The molecule has 21 heavy (non-hydrogen) atoms. The van der Waals surface area contributed by atoms with Gasteiger partial charge in [0.05, 0.1) is 0 Å². The van der Waals surface area contributed by atoms with E-state index in [1.807, 2.05) is 24.3 Å². The highest BCUT2D eigenvalue weighted by Crippen LogP contribution is 2.31. The highest BCUT2D eigenvalue weighted by atomic mass is 79.9. The first-order valence-corrected chi connectivity index (χ1v) is 8.23. The van der Waals surface area contributed by atoms with E-state index < -0.39 is 0 Å². The van der Waals surface area contributed by atoms with Crippen LogP contribution >= 0.6 is 27.5 Å². The van der Waals surface area contributed by atoms with E-state index in [-0.39, 0.29) is 12.1 Å². The van der Waals surface area contributed by atoms with Crippen LogP contribution in [0.1, 0.15) is 24.1 Å². The maximum Gasteiger partial charge on any atom is 0.123 e. The van der Waals surface area contributed by atoms with Crippen LogP contribution < -0.4 is 10.1 Å². The van der Waals surface area contributed by atoms with Crippen LogP contribution in [-0.2, 0) is 6.42 Å². The summed E-state index contributed by atoms with van der Waals surface area (Å²) in [5.74, 6) is 0.958. The molecule has 0 spiro atoms. The van der Waals surface area contributed by atoms with Crippen LogP contribution in [-0.4, -0.2) is 12.6 Å². The number of hydrogen-bond acceptors (Lipinski definition) is 2. The van der Waals surface area contributed by atoms with Crippen molar-refractivity contribution in [1.82, 2.24) is 5.32 Å². The lowest BCUT2D eigenvalue weighted by Gasteiger charge is -2.18. The molecular weight excluding hydrogens is 350 g/mol. The van der Waals surface area contributed by atoms with Crippen LogP contribution in [0.15, 0.2) is 46.9 Å². The third-order valence-electron chi connectivity index (χ3n) is 3.79. The van der Waals surface area contributed by atoms with Crippen molar-refractivity contribution in [3.8, 4) is 5.75 Å². The molecule has 0 fully saturated rings. The zero-order chi connectivity index (χ0) is 14.8. The van der Waals surface area contributed by atoms with E-state index in [0.29, 0.717) is 0 Å². The summed E-state index contributed by atoms with van der Waals surface area (Å²) in [5.41, 5.74) is 2.46. The number of ether oxygens (including phenoxy) is 1.